The van der Waals surface area contributed by atoms with E-state index in [0.29, 0.717) is 37.5 Å². The van der Waals surface area contributed by atoms with Gasteiger partial charge in [0.15, 0.2) is 5.78 Å². The monoisotopic (exact) mass is 555 g/mol. The minimum atomic E-state index is -1.27. The smallest absolute Gasteiger partial charge is 0.410 e. The molecule has 2 amide bonds. The maximum atomic E-state index is 14.6. The summed E-state index contributed by atoms with van der Waals surface area (Å²) in [5.41, 5.74) is -1.43. The number of hydrogen-bond acceptors (Lipinski definition) is 5. The normalized spacial score (nSPS) is 26.2. The number of likely N-dealkylation sites (tertiary alicyclic amines) is 1. The van der Waals surface area contributed by atoms with Gasteiger partial charge >= 0.3 is 6.09 Å². The summed E-state index contributed by atoms with van der Waals surface area (Å²) in [7, 11) is 1.59. The molecule has 2 heterocycles. The van der Waals surface area contributed by atoms with Crippen LogP contribution in [0.3, 0.4) is 0 Å². The Balaban J connectivity index is 1.46. The second-order valence-electron chi connectivity index (χ2n) is 11.7. The molecule has 2 aromatic carbocycles. The molecule has 0 unspecified atom stereocenters. The lowest BCUT2D eigenvalue weighted by Crippen LogP contribution is -2.68. The first-order valence-corrected chi connectivity index (χ1v) is 13.9. The lowest BCUT2D eigenvalue weighted by Gasteiger charge is -2.49. The molecule has 208 valence electrons. The fraction of sp³-hybridized carbons (Fsp3) is 0.500. The van der Waals surface area contributed by atoms with Crippen LogP contribution in [-0.2, 0) is 15.0 Å². The third-order valence-electron chi connectivity index (χ3n) is 9.20. The van der Waals surface area contributed by atoms with Gasteiger partial charge in [0, 0.05) is 55.0 Å². The number of carbonyl (C=O) groups is 3. The van der Waals surface area contributed by atoms with Gasteiger partial charge in [0.2, 0.25) is 5.91 Å². The van der Waals surface area contributed by atoms with Crippen molar-refractivity contribution in [1.82, 2.24) is 15.1 Å². The van der Waals surface area contributed by atoms with E-state index in [-0.39, 0.29) is 35.3 Å². The first kappa shape index (κ1) is 27.6. The number of benzene rings is 2. The number of halogens is 2. The topological polar surface area (TPSA) is 79.0 Å². The van der Waals surface area contributed by atoms with E-state index in [1.54, 1.807) is 19.2 Å². The minimum absolute atomic E-state index is 0.0479. The molecule has 0 bridgehead atoms. The van der Waals surface area contributed by atoms with Crippen molar-refractivity contribution < 1.29 is 23.5 Å². The highest BCUT2D eigenvalue weighted by Gasteiger charge is 2.63. The Hall–Kier alpha value is -2.97. The summed E-state index contributed by atoms with van der Waals surface area (Å²) in [6.07, 6.45) is 2.22. The van der Waals surface area contributed by atoms with Crippen LogP contribution in [0.1, 0.15) is 45.1 Å². The Morgan fingerprint density at radius 2 is 1.62 bits per heavy atom. The molecule has 5 rings (SSSR count). The highest BCUT2D eigenvalue weighted by molar-refractivity contribution is 6.30. The van der Waals surface area contributed by atoms with E-state index < -0.39 is 22.9 Å². The number of Topliss-reactive ketones (excluding diaryl/α,β-unsaturated/α-hetero) is 1. The lowest BCUT2D eigenvalue weighted by molar-refractivity contribution is -0.143. The Morgan fingerprint density at radius 3 is 2.21 bits per heavy atom. The number of carbonyl (C=O) groups excluding carboxylic acids is 3. The van der Waals surface area contributed by atoms with Crippen molar-refractivity contribution in [2.45, 2.75) is 50.5 Å². The number of hydrogen-bond donors (Lipinski definition) is 1. The number of likely N-dealkylation sites (N-methyl/N-ethyl adjacent to an activating group) is 1. The van der Waals surface area contributed by atoms with Crippen LogP contribution in [0.2, 0.25) is 5.02 Å². The first-order valence-electron chi connectivity index (χ1n) is 13.5. The maximum Gasteiger partial charge on any atom is 0.415 e. The van der Waals surface area contributed by atoms with E-state index >= 15 is 0 Å². The van der Waals surface area contributed by atoms with Gasteiger partial charge < -0.3 is 15.0 Å². The third-order valence-corrected chi connectivity index (χ3v) is 9.45. The summed E-state index contributed by atoms with van der Waals surface area (Å²) >= 11 is 6.18. The fourth-order valence-electron chi connectivity index (χ4n) is 6.30. The quantitative estimate of drug-likeness (QED) is 0.553. The number of nitrogens with zero attached hydrogens (tertiary/aromatic N) is 2. The number of nitrogens with one attached hydrogen (secondary N) is 1. The molecule has 3 fully saturated rings. The highest BCUT2D eigenvalue weighted by Crippen LogP contribution is 2.48. The molecule has 3 aliphatic rings. The van der Waals surface area contributed by atoms with E-state index in [0.717, 1.165) is 18.4 Å². The molecule has 1 aliphatic carbocycles. The van der Waals surface area contributed by atoms with Crippen molar-refractivity contribution in [2.24, 2.45) is 11.3 Å². The Bertz CT molecular complexity index is 1260. The van der Waals surface area contributed by atoms with Crippen molar-refractivity contribution in [2.75, 3.05) is 33.2 Å². The molecule has 1 N–H and O–H groups in total. The van der Waals surface area contributed by atoms with Crippen molar-refractivity contribution >= 4 is 29.4 Å². The van der Waals surface area contributed by atoms with Gasteiger partial charge in [0.05, 0.1) is 0 Å². The van der Waals surface area contributed by atoms with Gasteiger partial charge in [-0.25, -0.2) is 9.18 Å². The number of amides is 2. The van der Waals surface area contributed by atoms with Crippen LogP contribution < -0.4 is 10.1 Å². The molecule has 0 aromatic heterocycles. The van der Waals surface area contributed by atoms with Gasteiger partial charge in [-0.2, -0.15) is 0 Å². The van der Waals surface area contributed by atoms with Crippen LogP contribution in [0.15, 0.2) is 48.5 Å². The van der Waals surface area contributed by atoms with Crippen LogP contribution in [-0.4, -0.2) is 66.3 Å². The summed E-state index contributed by atoms with van der Waals surface area (Å²) in [4.78, 5) is 44.4. The predicted octanol–water partition coefficient (Wildman–Crippen LogP) is 4.82. The number of ether oxygens (including phenoxy) is 1. The highest BCUT2D eigenvalue weighted by atomic mass is 35.5. The molecule has 7 nitrogen and oxygen atoms in total. The van der Waals surface area contributed by atoms with Gasteiger partial charge in [-0.15, -0.1) is 0 Å². The summed E-state index contributed by atoms with van der Waals surface area (Å²) in [5.74, 6) is -0.445. The zero-order valence-corrected chi connectivity index (χ0v) is 23.4. The molecular weight excluding hydrogens is 521 g/mol. The van der Waals surface area contributed by atoms with Crippen LogP contribution in [0, 0.1) is 17.2 Å². The number of ketones is 1. The van der Waals surface area contributed by atoms with E-state index in [9.17, 15) is 18.8 Å². The van der Waals surface area contributed by atoms with Gasteiger partial charge in [0.25, 0.3) is 0 Å². The zero-order valence-electron chi connectivity index (χ0n) is 22.6. The van der Waals surface area contributed by atoms with E-state index in [2.05, 4.69) is 5.32 Å². The molecule has 9 heteroatoms. The van der Waals surface area contributed by atoms with Crippen molar-refractivity contribution in [3.05, 3.63) is 64.9 Å². The van der Waals surface area contributed by atoms with Crippen molar-refractivity contribution in [1.29, 1.82) is 0 Å². The van der Waals surface area contributed by atoms with Crippen LogP contribution in [0.25, 0.3) is 0 Å². The van der Waals surface area contributed by atoms with Crippen molar-refractivity contribution in [3.63, 3.8) is 0 Å². The van der Waals surface area contributed by atoms with Gasteiger partial charge in [-0.1, -0.05) is 37.6 Å². The summed E-state index contributed by atoms with van der Waals surface area (Å²) in [5, 5.41) is 3.96. The maximum absolute atomic E-state index is 14.6. The van der Waals surface area contributed by atoms with E-state index in [4.69, 9.17) is 16.3 Å². The first-order chi connectivity index (χ1) is 18.5. The molecule has 0 spiro atoms. The largest absolute Gasteiger partial charge is 0.415 e. The van der Waals surface area contributed by atoms with Gasteiger partial charge in [-0.05, 0) is 67.6 Å². The number of rotatable bonds is 6. The third kappa shape index (κ3) is 4.82. The standard InChI is InChI=1S/C30H35ClFN3O4/c1-28(14-15-28)26(37)35-16-12-20(13-17-35)25(36)30(34(3)27(38)39-24-10-8-23(32)9-11-24)19-33-18-29(30,2)21-4-6-22(31)7-5-21/h4-11,20,33H,12-19H2,1-3H3/t29-,30-/m0/s1. The Kier molecular flexibility index (Phi) is 7.22. The van der Waals surface area contributed by atoms with Crippen LogP contribution in [0.5, 0.6) is 5.75 Å². The number of piperidine rings is 1. The second kappa shape index (κ2) is 10.2. The van der Waals surface area contributed by atoms with E-state index in [1.807, 2.05) is 30.9 Å². The second-order valence-corrected chi connectivity index (χ2v) is 12.1. The molecular formula is C30H35ClFN3O4. The molecule has 1 saturated carbocycles. The van der Waals surface area contributed by atoms with Crippen LogP contribution in [0.4, 0.5) is 9.18 Å². The van der Waals surface area contributed by atoms with Gasteiger partial charge in [0.1, 0.15) is 17.1 Å². The summed E-state index contributed by atoms with van der Waals surface area (Å²) in [6.45, 7) is 5.75. The predicted molar refractivity (Wildman–Crippen MR) is 146 cm³/mol. The average molecular weight is 556 g/mol. The molecule has 39 heavy (non-hydrogen) atoms. The molecule has 2 aromatic rings. The van der Waals surface area contributed by atoms with E-state index in [1.165, 1.54) is 29.2 Å². The van der Waals surface area contributed by atoms with Gasteiger partial charge in [-0.3, -0.25) is 14.5 Å². The average Bonchev–Trinajstić information content (AvgIpc) is 3.59. The summed E-state index contributed by atoms with van der Waals surface area (Å²) < 4.78 is 19.0. The molecule has 2 atom stereocenters. The Morgan fingerprint density at radius 1 is 1.00 bits per heavy atom. The summed E-state index contributed by atoms with van der Waals surface area (Å²) in [6, 6.07) is 12.6. The zero-order chi connectivity index (χ0) is 28.0. The minimum Gasteiger partial charge on any atom is -0.410 e. The fourth-order valence-corrected chi connectivity index (χ4v) is 6.43. The molecule has 2 aliphatic heterocycles. The van der Waals surface area contributed by atoms with Crippen molar-refractivity contribution in [3.8, 4) is 5.75 Å². The SMILES string of the molecule is CN(C(=O)Oc1ccc(F)cc1)[C@]1(C(=O)C2CCN(C(=O)C3(C)CC3)CC2)CNC[C@@]1(C)c1ccc(Cl)cc1. The lowest BCUT2D eigenvalue weighted by atomic mass is 9.63. The molecule has 2 saturated heterocycles. The van der Waals surface area contributed by atoms with Crippen LogP contribution >= 0.6 is 11.6 Å². The molecule has 0 radical (unpaired) electrons. The Labute approximate surface area is 233 Å².